The van der Waals surface area contributed by atoms with Gasteiger partial charge < -0.3 is 5.32 Å². The molecular weight excluding hydrogens is 242 g/mol. The van der Waals surface area contributed by atoms with Crippen LogP contribution in [-0.4, -0.2) is 16.7 Å². The van der Waals surface area contributed by atoms with Crippen LogP contribution < -0.4 is 5.32 Å². The predicted molar refractivity (Wildman–Crippen MR) is 76.8 cm³/mol. The van der Waals surface area contributed by atoms with E-state index in [9.17, 15) is 0 Å². The van der Waals surface area contributed by atoms with Crippen molar-refractivity contribution in [2.75, 3.05) is 6.54 Å². The maximum absolute atomic E-state index is 4.42. The number of rotatable bonds is 5. The second-order valence-corrected chi connectivity index (χ2v) is 7.59. The lowest BCUT2D eigenvalue weighted by atomic mass is 9.82. The Morgan fingerprint density at radius 2 is 2.17 bits per heavy atom. The molecule has 0 aliphatic heterocycles. The number of nitrogens with one attached hydrogen (secondary N) is 1. The topological polar surface area (TPSA) is 37.8 Å². The SMILES string of the molecule is CC(C)CNCc1nnc(C2CCCC2(C)C)s1. The maximum Gasteiger partial charge on any atom is 0.131 e. The van der Waals surface area contributed by atoms with Crippen LogP contribution in [0.1, 0.15) is 62.9 Å². The molecule has 4 heteroatoms. The lowest BCUT2D eigenvalue weighted by molar-refractivity contribution is 0.330. The Labute approximate surface area is 114 Å². The zero-order valence-corrected chi connectivity index (χ0v) is 12.8. The number of hydrogen-bond donors (Lipinski definition) is 1. The van der Waals surface area contributed by atoms with Crippen molar-refractivity contribution in [2.24, 2.45) is 11.3 Å². The summed E-state index contributed by atoms with van der Waals surface area (Å²) in [5, 5.41) is 14.6. The van der Waals surface area contributed by atoms with Crippen molar-refractivity contribution in [3.63, 3.8) is 0 Å². The van der Waals surface area contributed by atoms with E-state index in [4.69, 9.17) is 0 Å². The fourth-order valence-corrected chi connectivity index (χ4v) is 3.89. The molecule has 0 bridgehead atoms. The first-order valence-electron chi connectivity index (χ1n) is 7.02. The van der Waals surface area contributed by atoms with Crippen LogP contribution in [0.15, 0.2) is 0 Å². The average molecular weight is 267 g/mol. The molecule has 1 fully saturated rings. The Morgan fingerprint density at radius 1 is 1.39 bits per heavy atom. The maximum atomic E-state index is 4.42. The monoisotopic (exact) mass is 267 g/mol. The Morgan fingerprint density at radius 3 is 2.78 bits per heavy atom. The Bertz CT molecular complexity index is 384. The van der Waals surface area contributed by atoms with Crippen LogP contribution in [0.5, 0.6) is 0 Å². The molecule has 1 N–H and O–H groups in total. The predicted octanol–water partition coefficient (Wildman–Crippen LogP) is 3.58. The van der Waals surface area contributed by atoms with Gasteiger partial charge in [0.05, 0.1) is 0 Å². The van der Waals surface area contributed by atoms with Crippen LogP contribution in [0.4, 0.5) is 0 Å². The molecule has 18 heavy (non-hydrogen) atoms. The summed E-state index contributed by atoms with van der Waals surface area (Å²) >= 11 is 1.80. The van der Waals surface area contributed by atoms with Crippen LogP contribution in [0.25, 0.3) is 0 Å². The van der Waals surface area contributed by atoms with Gasteiger partial charge in [-0.15, -0.1) is 10.2 Å². The Balaban J connectivity index is 1.94. The molecular formula is C14H25N3S. The van der Waals surface area contributed by atoms with Gasteiger partial charge in [0, 0.05) is 12.5 Å². The van der Waals surface area contributed by atoms with E-state index in [-0.39, 0.29) is 0 Å². The van der Waals surface area contributed by atoms with E-state index >= 15 is 0 Å². The van der Waals surface area contributed by atoms with E-state index in [0.717, 1.165) is 18.1 Å². The lowest BCUT2D eigenvalue weighted by Gasteiger charge is -2.24. The molecule has 1 aromatic rings. The molecule has 1 aromatic heterocycles. The van der Waals surface area contributed by atoms with Crippen LogP contribution >= 0.6 is 11.3 Å². The standard InChI is InChI=1S/C14H25N3S/c1-10(2)8-15-9-12-16-17-13(18-12)11-6-5-7-14(11,3)4/h10-11,15H,5-9H2,1-4H3. The normalized spacial score (nSPS) is 22.8. The van der Waals surface area contributed by atoms with Gasteiger partial charge in [-0.1, -0.05) is 45.5 Å². The minimum Gasteiger partial charge on any atom is -0.310 e. The minimum absolute atomic E-state index is 0.405. The van der Waals surface area contributed by atoms with Crippen molar-refractivity contribution in [3.8, 4) is 0 Å². The van der Waals surface area contributed by atoms with E-state index < -0.39 is 0 Å². The first-order chi connectivity index (χ1) is 8.49. The van der Waals surface area contributed by atoms with Gasteiger partial charge in [0.15, 0.2) is 0 Å². The molecule has 1 unspecified atom stereocenters. The average Bonchev–Trinajstić information content (AvgIpc) is 2.83. The van der Waals surface area contributed by atoms with Gasteiger partial charge >= 0.3 is 0 Å². The molecule has 1 saturated carbocycles. The Hall–Kier alpha value is -0.480. The van der Waals surface area contributed by atoms with Crippen LogP contribution in [-0.2, 0) is 6.54 Å². The summed E-state index contributed by atoms with van der Waals surface area (Å²) in [5.41, 5.74) is 0.405. The van der Waals surface area contributed by atoms with Gasteiger partial charge in [0.2, 0.25) is 0 Å². The first-order valence-corrected chi connectivity index (χ1v) is 7.83. The van der Waals surface area contributed by atoms with Crippen LogP contribution in [0.2, 0.25) is 0 Å². The van der Waals surface area contributed by atoms with Gasteiger partial charge in [0.1, 0.15) is 10.0 Å². The molecule has 0 spiro atoms. The molecule has 102 valence electrons. The van der Waals surface area contributed by atoms with E-state index in [1.807, 2.05) is 0 Å². The van der Waals surface area contributed by atoms with E-state index in [1.54, 1.807) is 11.3 Å². The molecule has 0 radical (unpaired) electrons. The van der Waals surface area contributed by atoms with Crippen molar-refractivity contribution in [1.82, 2.24) is 15.5 Å². The van der Waals surface area contributed by atoms with Crippen molar-refractivity contribution in [2.45, 2.75) is 59.4 Å². The molecule has 0 saturated heterocycles. The zero-order valence-electron chi connectivity index (χ0n) is 12.0. The smallest absolute Gasteiger partial charge is 0.131 e. The van der Waals surface area contributed by atoms with Gasteiger partial charge in [0.25, 0.3) is 0 Å². The third-order valence-electron chi connectivity index (χ3n) is 3.87. The lowest BCUT2D eigenvalue weighted by Crippen LogP contribution is -2.18. The highest BCUT2D eigenvalue weighted by atomic mass is 32.1. The quantitative estimate of drug-likeness (QED) is 0.886. The van der Waals surface area contributed by atoms with E-state index in [1.165, 1.54) is 24.3 Å². The summed E-state index contributed by atoms with van der Waals surface area (Å²) in [5.74, 6) is 1.31. The second kappa shape index (κ2) is 5.66. The van der Waals surface area contributed by atoms with E-state index in [2.05, 4.69) is 43.2 Å². The third-order valence-corrected chi connectivity index (χ3v) is 4.90. The van der Waals surface area contributed by atoms with Gasteiger partial charge in [-0.3, -0.25) is 0 Å². The number of nitrogens with zero attached hydrogens (tertiary/aromatic N) is 2. The largest absolute Gasteiger partial charge is 0.310 e. The highest BCUT2D eigenvalue weighted by molar-refractivity contribution is 7.11. The van der Waals surface area contributed by atoms with Crippen LogP contribution in [0, 0.1) is 11.3 Å². The first kappa shape index (κ1) is 13.9. The van der Waals surface area contributed by atoms with Crippen molar-refractivity contribution >= 4 is 11.3 Å². The van der Waals surface area contributed by atoms with Crippen LogP contribution in [0.3, 0.4) is 0 Å². The zero-order chi connectivity index (χ0) is 13.2. The Kier molecular flexibility index (Phi) is 4.38. The van der Waals surface area contributed by atoms with Crippen molar-refractivity contribution in [1.29, 1.82) is 0 Å². The summed E-state index contributed by atoms with van der Waals surface area (Å²) < 4.78 is 0. The molecule has 3 nitrogen and oxygen atoms in total. The highest BCUT2D eigenvalue weighted by Crippen LogP contribution is 2.49. The molecule has 0 amide bonds. The highest BCUT2D eigenvalue weighted by Gasteiger charge is 2.37. The summed E-state index contributed by atoms with van der Waals surface area (Å²) in [6.45, 7) is 11.1. The van der Waals surface area contributed by atoms with Gasteiger partial charge in [-0.2, -0.15) is 0 Å². The molecule has 1 atom stereocenters. The minimum atomic E-state index is 0.405. The summed E-state index contributed by atoms with van der Waals surface area (Å²) in [6, 6.07) is 0. The summed E-state index contributed by atoms with van der Waals surface area (Å²) in [7, 11) is 0. The number of hydrogen-bond acceptors (Lipinski definition) is 4. The molecule has 1 aliphatic rings. The molecule has 1 aliphatic carbocycles. The fraction of sp³-hybridized carbons (Fsp3) is 0.857. The van der Waals surface area contributed by atoms with Crippen molar-refractivity contribution in [3.05, 3.63) is 10.0 Å². The molecule has 0 aromatic carbocycles. The summed E-state index contributed by atoms with van der Waals surface area (Å²) in [4.78, 5) is 0. The number of aromatic nitrogens is 2. The summed E-state index contributed by atoms with van der Waals surface area (Å²) in [6.07, 6.45) is 3.93. The fourth-order valence-electron chi connectivity index (χ4n) is 2.73. The van der Waals surface area contributed by atoms with Crippen molar-refractivity contribution < 1.29 is 0 Å². The third kappa shape index (κ3) is 3.29. The molecule has 1 heterocycles. The van der Waals surface area contributed by atoms with Gasteiger partial charge in [-0.05, 0) is 30.7 Å². The second-order valence-electron chi connectivity index (χ2n) is 6.49. The molecule has 2 rings (SSSR count). The van der Waals surface area contributed by atoms with Gasteiger partial charge in [-0.25, -0.2) is 0 Å². The van der Waals surface area contributed by atoms with E-state index in [0.29, 0.717) is 17.3 Å².